The van der Waals surface area contributed by atoms with Crippen LogP contribution in [0.4, 0.5) is 0 Å². The molecule has 0 unspecified atom stereocenters. The van der Waals surface area contributed by atoms with Gasteiger partial charge in [0, 0.05) is 31.4 Å². The third-order valence-electron chi connectivity index (χ3n) is 4.38. The van der Waals surface area contributed by atoms with Crippen molar-refractivity contribution in [3.8, 4) is 11.5 Å². The topological polar surface area (TPSA) is 59.0 Å². The van der Waals surface area contributed by atoms with Crippen molar-refractivity contribution in [3.05, 3.63) is 39.8 Å². The second kappa shape index (κ2) is 9.78. The van der Waals surface area contributed by atoms with E-state index in [1.165, 1.54) is 5.56 Å². The van der Waals surface area contributed by atoms with Crippen LogP contribution in [0.15, 0.2) is 28.6 Å². The van der Waals surface area contributed by atoms with Gasteiger partial charge in [-0.25, -0.2) is 4.98 Å². The Bertz CT molecular complexity index is 796. The van der Waals surface area contributed by atoms with E-state index in [1.54, 1.807) is 32.6 Å². The number of guanidine groups is 1. The van der Waals surface area contributed by atoms with Crippen LogP contribution < -0.4 is 14.8 Å². The molecule has 0 saturated heterocycles. The zero-order valence-electron chi connectivity index (χ0n) is 18.0. The molecular weight excluding hydrogens is 372 g/mol. The van der Waals surface area contributed by atoms with E-state index in [4.69, 9.17) is 14.5 Å². The van der Waals surface area contributed by atoms with Gasteiger partial charge in [0.1, 0.15) is 0 Å². The summed E-state index contributed by atoms with van der Waals surface area (Å²) < 4.78 is 10.7. The average Bonchev–Trinajstić information content (AvgIpc) is 3.16. The van der Waals surface area contributed by atoms with Crippen molar-refractivity contribution in [2.45, 2.75) is 39.2 Å². The van der Waals surface area contributed by atoms with Gasteiger partial charge in [0.05, 0.1) is 31.5 Å². The maximum absolute atomic E-state index is 5.39. The lowest BCUT2D eigenvalue weighted by atomic mass is 9.98. The first-order valence-corrected chi connectivity index (χ1v) is 10.2. The van der Waals surface area contributed by atoms with Crippen molar-refractivity contribution in [2.75, 3.05) is 34.9 Å². The first-order chi connectivity index (χ1) is 13.3. The standard InChI is InChI=1S/C21H32N4O2S/c1-21(2,3)19-24-16(14-28-19)13-23-20(22-4)25(5)11-10-15-8-9-17(26-6)18(12-15)27-7/h8-9,12,14H,10-11,13H2,1-7H3,(H,22,23). The summed E-state index contributed by atoms with van der Waals surface area (Å²) >= 11 is 1.71. The van der Waals surface area contributed by atoms with Crippen LogP contribution in [0.5, 0.6) is 11.5 Å². The Hall–Kier alpha value is -2.28. The van der Waals surface area contributed by atoms with Crippen molar-refractivity contribution in [3.63, 3.8) is 0 Å². The van der Waals surface area contributed by atoms with E-state index in [0.717, 1.165) is 41.1 Å². The quantitative estimate of drug-likeness (QED) is 0.563. The third-order valence-corrected chi connectivity index (χ3v) is 5.70. The number of rotatable bonds is 7. The Labute approximate surface area is 172 Å². The zero-order chi connectivity index (χ0) is 20.7. The van der Waals surface area contributed by atoms with Crippen molar-refractivity contribution in [1.29, 1.82) is 0 Å². The van der Waals surface area contributed by atoms with Gasteiger partial charge in [0.25, 0.3) is 0 Å². The summed E-state index contributed by atoms with van der Waals surface area (Å²) in [7, 11) is 7.14. The molecule has 0 atom stereocenters. The van der Waals surface area contributed by atoms with Gasteiger partial charge in [0.2, 0.25) is 0 Å². The van der Waals surface area contributed by atoms with Crippen molar-refractivity contribution < 1.29 is 9.47 Å². The number of likely N-dealkylation sites (N-methyl/N-ethyl adjacent to an activating group) is 1. The summed E-state index contributed by atoms with van der Waals surface area (Å²) in [5, 5.41) is 6.67. The molecule has 0 spiro atoms. The number of hydrogen-bond acceptors (Lipinski definition) is 5. The minimum Gasteiger partial charge on any atom is -0.493 e. The minimum atomic E-state index is 0.0841. The molecule has 28 heavy (non-hydrogen) atoms. The monoisotopic (exact) mass is 404 g/mol. The maximum Gasteiger partial charge on any atom is 0.193 e. The molecule has 0 saturated carbocycles. The highest BCUT2D eigenvalue weighted by Gasteiger charge is 2.18. The lowest BCUT2D eigenvalue weighted by molar-refractivity contribution is 0.354. The molecule has 1 aromatic carbocycles. The van der Waals surface area contributed by atoms with Gasteiger partial charge in [-0.3, -0.25) is 4.99 Å². The fraction of sp³-hybridized carbons (Fsp3) is 0.524. The first-order valence-electron chi connectivity index (χ1n) is 9.36. The van der Waals surface area contributed by atoms with Gasteiger partial charge in [-0.15, -0.1) is 11.3 Å². The smallest absolute Gasteiger partial charge is 0.193 e. The van der Waals surface area contributed by atoms with Gasteiger partial charge in [-0.2, -0.15) is 0 Å². The summed E-state index contributed by atoms with van der Waals surface area (Å²) in [4.78, 5) is 11.2. The van der Waals surface area contributed by atoms with Crippen LogP contribution in [-0.2, 0) is 18.4 Å². The predicted octanol–water partition coefficient (Wildman–Crippen LogP) is 3.71. The van der Waals surface area contributed by atoms with E-state index < -0.39 is 0 Å². The Balaban J connectivity index is 1.91. The molecule has 1 N–H and O–H groups in total. The predicted molar refractivity (Wildman–Crippen MR) is 117 cm³/mol. The van der Waals surface area contributed by atoms with Crippen LogP contribution >= 0.6 is 11.3 Å². The lowest BCUT2D eigenvalue weighted by Crippen LogP contribution is -2.39. The van der Waals surface area contributed by atoms with Crippen LogP contribution in [0.1, 0.15) is 37.0 Å². The number of ether oxygens (including phenoxy) is 2. The Morgan fingerprint density at radius 1 is 1.21 bits per heavy atom. The number of benzene rings is 1. The van der Waals surface area contributed by atoms with Gasteiger partial charge >= 0.3 is 0 Å². The highest BCUT2D eigenvalue weighted by atomic mass is 32.1. The van der Waals surface area contributed by atoms with E-state index in [9.17, 15) is 0 Å². The maximum atomic E-state index is 5.39. The summed E-state index contributed by atoms with van der Waals surface area (Å²) in [6.07, 6.45) is 0.877. The minimum absolute atomic E-state index is 0.0841. The Kier molecular flexibility index (Phi) is 7.69. The Morgan fingerprint density at radius 3 is 2.50 bits per heavy atom. The van der Waals surface area contributed by atoms with Gasteiger partial charge in [0.15, 0.2) is 17.5 Å². The van der Waals surface area contributed by atoms with Crippen LogP contribution in [-0.4, -0.2) is 50.7 Å². The van der Waals surface area contributed by atoms with Crippen molar-refractivity contribution >= 4 is 17.3 Å². The SMILES string of the molecule is CN=C(NCc1csc(C(C)(C)C)n1)N(C)CCc1ccc(OC)c(OC)c1. The Morgan fingerprint density at radius 2 is 1.93 bits per heavy atom. The number of thiazole rings is 1. The summed E-state index contributed by atoms with van der Waals surface area (Å²) in [6, 6.07) is 6.02. The van der Waals surface area contributed by atoms with Gasteiger partial charge in [-0.05, 0) is 24.1 Å². The summed E-state index contributed by atoms with van der Waals surface area (Å²) in [5.41, 5.74) is 2.32. The molecule has 0 aliphatic rings. The second-order valence-electron chi connectivity index (χ2n) is 7.66. The van der Waals surface area contributed by atoms with E-state index in [1.807, 2.05) is 19.2 Å². The van der Waals surface area contributed by atoms with Gasteiger partial charge < -0.3 is 19.7 Å². The van der Waals surface area contributed by atoms with E-state index >= 15 is 0 Å². The fourth-order valence-corrected chi connectivity index (χ4v) is 3.63. The molecular formula is C21H32N4O2S. The number of aliphatic imine (C=N–C) groups is 1. The van der Waals surface area contributed by atoms with Crippen LogP contribution in [0.25, 0.3) is 0 Å². The molecule has 2 aromatic rings. The fourth-order valence-electron chi connectivity index (χ4n) is 2.73. The molecule has 0 aliphatic carbocycles. The number of hydrogen-bond donors (Lipinski definition) is 1. The van der Waals surface area contributed by atoms with Gasteiger partial charge in [-0.1, -0.05) is 26.8 Å². The molecule has 0 aliphatic heterocycles. The molecule has 1 heterocycles. The summed E-state index contributed by atoms with van der Waals surface area (Å²) in [5.74, 6) is 2.35. The average molecular weight is 405 g/mol. The second-order valence-corrected chi connectivity index (χ2v) is 8.51. The van der Waals surface area contributed by atoms with Crippen molar-refractivity contribution in [2.24, 2.45) is 4.99 Å². The van der Waals surface area contributed by atoms with E-state index in [-0.39, 0.29) is 5.41 Å². The normalized spacial score (nSPS) is 12.0. The van der Waals surface area contributed by atoms with Crippen LogP contribution in [0.3, 0.4) is 0 Å². The highest BCUT2D eigenvalue weighted by molar-refractivity contribution is 7.09. The first kappa shape index (κ1) is 22.0. The van der Waals surface area contributed by atoms with Crippen LogP contribution in [0.2, 0.25) is 0 Å². The van der Waals surface area contributed by atoms with Crippen LogP contribution in [0, 0.1) is 0 Å². The lowest BCUT2D eigenvalue weighted by Gasteiger charge is -2.22. The number of methoxy groups -OCH3 is 2. The number of nitrogens with one attached hydrogen (secondary N) is 1. The third kappa shape index (κ3) is 5.86. The van der Waals surface area contributed by atoms with E-state index in [2.05, 4.69) is 47.4 Å². The molecule has 0 fully saturated rings. The molecule has 0 bridgehead atoms. The summed E-state index contributed by atoms with van der Waals surface area (Å²) in [6.45, 7) is 8.05. The molecule has 0 amide bonds. The molecule has 7 heteroatoms. The molecule has 1 aromatic heterocycles. The molecule has 154 valence electrons. The van der Waals surface area contributed by atoms with E-state index in [0.29, 0.717) is 6.54 Å². The highest BCUT2D eigenvalue weighted by Crippen LogP contribution is 2.28. The number of aromatic nitrogens is 1. The molecule has 2 rings (SSSR count). The zero-order valence-corrected chi connectivity index (χ0v) is 18.8. The number of nitrogens with zero attached hydrogens (tertiary/aromatic N) is 3. The van der Waals surface area contributed by atoms with Crippen molar-refractivity contribution in [1.82, 2.24) is 15.2 Å². The molecule has 0 radical (unpaired) electrons. The molecule has 6 nitrogen and oxygen atoms in total. The largest absolute Gasteiger partial charge is 0.493 e.